The van der Waals surface area contributed by atoms with Crippen LogP contribution in [-0.2, 0) is 4.79 Å². The SMILES string of the molecule is Cc1ccc(C(=O)N2CCCC2C2CCCC2=O)c(Cl)c1. The monoisotopic (exact) mass is 305 g/mol. The average molecular weight is 306 g/mol. The lowest BCUT2D eigenvalue weighted by atomic mass is 9.94. The van der Waals surface area contributed by atoms with Gasteiger partial charge in [0.2, 0.25) is 0 Å². The molecule has 1 heterocycles. The molecule has 3 nitrogen and oxygen atoms in total. The number of halogens is 1. The van der Waals surface area contributed by atoms with Crippen LogP contribution in [0.5, 0.6) is 0 Å². The molecule has 1 amide bonds. The van der Waals surface area contributed by atoms with E-state index in [1.165, 1.54) is 0 Å². The number of hydrogen-bond acceptors (Lipinski definition) is 2. The number of amides is 1. The van der Waals surface area contributed by atoms with Gasteiger partial charge in [0.25, 0.3) is 5.91 Å². The van der Waals surface area contributed by atoms with Crippen LogP contribution in [0.4, 0.5) is 0 Å². The van der Waals surface area contributed by atoms with E-state index in [2.05, 4.69) is 0 Å². The summed E-state index contributed by atoms with van der Waals surface area (Å²) in [6.07, 6.45) is 4.48. The average Bonchev–Trinajstić information content (AvgIpc) is 3.06. The third-order valence-corrected chi connectivity index (χ3v) is 5.04. The van der Waals surface area contributed by atoms with E-state index in [1.54, 1.807) is 6.07 Å². The summed E-state index contributed by atoms with van der Waals surface area (Å²) in [6.45, 7) is 2.69. The number of likely N-dealkylation sites (tertiary alicyclic amines) is 1. The maximum absolute atomic E-state index is 12.8. The van der Waals surface area contributed by atoms with Gasteiger partial charge in [0.05, 0.1) is 10.6 Å². The van der Waals surface area contributed by atoms with Gasteiger partial charge < -0.3 is 4.90 Å². The van der Waals surface area contributed by atoms with Crippen LogP contribution in [0, 0.1) is 12.8 Å². The van der Waals surface area contributed by atoms with Gasteiger partial charge in [-0.2, -0.15) is 0 Å². The van der Waals surface area contributed by atoms with Crippen molar-refractivity contribution in [3.05, 3.63) is 34.3 Å². The van der Waals surface area contributed by atoms with Crippen LogP contribution < -0.4 is 0 Å². The van der Waals surface area contributed by atoms with Gasteiger partial charge in [-0.3, -0.25) is 9.59 Å². The predicted octanol–water partition coefficient (Wildman–Crippen LogP) is 3.62. The van der Waals surface area contributed by atoms with Crippen molar-refractivity contribution in [2.24, 2.45) is 5.92 Å². The number of carbonyl (C=O) groups is 2. The predicted molar refractivity (Wildman–Crippen MR) is 82.6 cm³/mol. The highest BCUT2D eigenvalue weighted by atomic mass is 35.5. The molecule has 1 saturated carbocycles. The summed E-state index contributed by atoms with van der Waals surface area (Å²) in [5.41, 5.74) is 1.60. The molecular weight excluding hydrogens is 286 g/mol. The molecule has 0 radical (unpaired) electrons. The minimum Gasteiger partial charge on any atom is -0.335 e. The zero-order valence-electron chi connectivity index (χ0n) is 12.3. The molecule has 1 aromatic rings. The first-order valence-electron chi connectivity index (χ1n) is 7.68. The summed E-state index contributed by atoms with van der Waals surface area (Å²) in [5, 5.41) is 0.503. The zero-order chi connectivity index (χ0) is 15.0. The maximum atomic E-state index is 12.8. The highest BCUT2D eigenvalue weighted by Crippen LogP contribution is 2.34. The largest absolute Gasteiger partial charge is 0.335 e. The highest BCUT2D eigenvalue weighted by molar-refractivity contribution is 6.33. The molecule has 0 spiro atoms. The second-order valence-corrected chi connectivity index (χ2v) is 6.56. The first-order chi connectivity index (χ1) is 10.1. The second-order valence-electron chi connectivity index (χ2n) is 6.16. The number of carbonyl (C=O) groups excluding carboxylic acids is 2. The van der Waals surface area contributed by atoms with E-state index < -0.39 is 0 Å². The molecule has 0 aromatic heterocycles. The van der Waals surface area contributed by atoms with E-state index in [9.17, 15) is 9.59 Å². The van der Waals surface area contributed by atoms with Crippen molar-refractivity contribution in [2.75, 3.05) is 6.54 Å². The molecule has 3 rings (SSSR count). The molecule has 2 unspecified atom stereocenters. The Labute approximate surface area is 130 Å². The van der Waals surface area contributed by atoms with Crippen molar-refractivity contribution < 1.29 is 9.59 Å². The molecule has 4 heteroatoms. The lowest BCUT2D eigenvalue weighted by Crippen LogP contribution is -2.41. The van der Waals surface area contributed by atoms with Gasteiger partial charge in [0.1, 0.15) is 5.78 Å². The third kappa shape index (κ3) is 2.71. The Kier molecular flexibility index (Phi) is 4.03. The molecule has 2 aliphatic rings. The van der Waals surface area contributed by atoms with Gasteiger partial charge in [0, 0.05) is 24.9 Å². The quantitative estimate of drug-likeness (QED) is 0.837. The van der Waals surface area contributed by atoms with Crippen molar-refractivity contribution in [1.29, 1.82) is 0 Å². The number of rotatable bonds is 2. The fourth-order valence-corrected chi connectivity index (χ4v) is 3.98. The van der Waals surface area contributed by atoms with Gasteiger partial charge in [-0.05, 0) is 50.3 Å². The first kappa shape index (κ1) is 14.6. The summed E-state index contributed by atoms with van der Waals surface area (Å²) in [4.78, 5) is 26.7. The van der Waals surface area contributed by atoms with Gasteiger partial charge in [0.15, 0.2) is 0 Å². The third-order valence-electron chi connectivity index (χ3n) is 4.73. The Balaban J connectivity index is 1.84. The first-order valence-corrected chi connectivity index (χ1v) is 8.05. The normalized spacial score (nSPS) is 25.6. The smallest absolute Gasteiger partial charge is 0.255 e. The lowest BCUT2D eigenvalue weighted by Gasteiger charge is -2.29. The summed E-state index contributed by atoms with van der Waals surface area (Å²) in [6, 6.07) is 5.60. The molecule has 1 saturated heterocycles. The second kappa shape index (κ2) is 5.80. The van der Waals surface area contributed by atoms with Crippen molar-refractivity contribution in [2.45, 2.75) is 45.1 Å². The van der Waals surface area contributed by atoms with Gasteiger partial charge in [-0.25, -0.2) is 0 Å². The summed E-state index contributed by atoms with van der Waals surface area (Å²) in [5.74, 6) is 0.345. The zero-order valence-corrected chi connectivity index (χ0v) is 13.0. The van der Waals surface area contributed by atoms with E-state index >= 15 is 0 Å². The van der Waals surface area contributed by atoms with Crippen molar-refractivity contribution >= 4 is 23.3 Å². The van der Waals surface area contributed by atoms with E-state index in [0.29, 0.717) is 22.8 Å². The molecule has 1 aromatic carbocycles. The van der Waals surface area contributed by atoms with Crippen LogP contribution in [0.15, 0.2) is 18.2 Å². The van der Waals surface area contributed by atoms with Crippen LogP contribution in [-0.4, -0.2) is 29.2 Å². The summed E-state index contributed by atoms with van der Waals surface area (Å²) in [7, 11) is 0. The van der Waals surface area contributed by atoms with Crippen LogP contribution in [0.1, 0.15) is 48.0 Å². The molecule has 0 N–H and O–H groups in total. The fourth-order valence-electron chi connectivity index (χ4n) is 3.66. The molecule has 21 heavy (non-hydrogen) atoms. The van der Waals surface area contributed by atoms with Crippen molar-refractivity contribution in [3.8, 4) is 0 Å². The molecular formula is C17H20ClNO2. The number of nitrogens with zero attached hydrogens (tertiary/aromatic N) is 1. The van der Waals surface area contributed by atoms with Crippen molar-refractivity contribution in [1.82, 2.24) is 4.90 Å². The summed E-state index contributed by atoms with van der Waals surface area (Å²) < 4.78 is 0. The Morgan fingerprint density at radius 2 is 2.10 bits per heavy atom. The Morgan fingerprint density at radius 1 is 1.29 bits per heavy atom. The number of benzene rings is 1. The molecule has 1 aliphatic carbocycles. The molecule has 0 bridgehead atoms. The number of aryl methyl sites for hydroxylation is 1. The Bertz CT molecular complexity index is 584. The van der Waals surface area contributed by atoms with Gasteiger partial charge in [-0.1, -0.05) is 17.7 Å². The maximum Gasteiger partial charge on any atom is 0.255 e. The number of Topliss-reactive ketones (excluding diaryl/α,β-unsaturated/α-hetero) is 1. The van der Waals surface area contributed by atoms with Crippen LogP contribution in [0.25, 0.3) is 0 Å². The topological polar surface area (TPSA) is 37.4 Å². The molecule has 2 fully saturated rings. The van der Waals surface area contributed by atoms with E-state index in [4.69, 9.17) is 11.6 Å². The fraction of sp³-hybridized carbons (Fsp3) is 0.529. The molecule has 2 atom stereocenters. The van der Waals surface area contributed by atoms with Gasteiger partial charge in [-0.15, -0.1) is 0 Å². The van der Waals surface area contributed by atoms with Crippen LogP contribution >= 0.6 is 11.6 Å². The minimum absolute atomic E-state index is 0.0257. The van der Waals surface area contributed by atoms with Crippen LogP contribution in [0.2, 0.25) is 5.02 Å². The Morgan fingerprint density at radius 3 is 2.76 bits per heavy atom. The minimum atomic E-state index is -0.0257. The van der Waals surface area contributed by atoms with Gasteiger partial charge >= 0.3 is 0 Å². The Hall–Kier alpha value is -1.35. The van der Waals surface area contributed by atoms with E-state index in [1.807, 2.05) is 24.0 Å². The molecule has 112 valence electrons. The van der Waals surface area contributed by atoms with Crippen molar-refractivity contribution in [3.63, 3.8) is 0 Å². The highest BCUT2D eigenvalue weighted by Gasteiger charge is 2.40. The summed E-state index contributed by atoms with van der Waals surface area (Å²) >= 11 is 6.22. The van der Waals surface area contributed by atoms with Crippen LogP contribution in [0.3, 0.4) is 0 Å². The van der Waals surface area contributed by atoms with E-state index in [0.717, 1.165) is 37.8 Å². The standard InChI is InChI=1S/C17H20ClNO2/c1-11-7-8-12(14(18)10-11)17(21)19-9-3-5-15(19)13-4-2-6-16(13)20/h7-8,10,13,15H,2-6,9H2,1H3. The molecule has 1 aliphatic heterocycles. The number of ketones is 1. The van der Waals surface area contributed by atoms with E-state index in [-0.39, 0.29) is 17.9 Å². The lowest BCUT2D eigenvalue weighted by molar-refractivity contribution is -0.121. The number of hydrogen-bond donors (Lipinski definition) is 0.